The lowest BCUT2D eigenvalue weighted by Crippen LogP contribution is -2.54. The number of nitrogens with zero attached hydrogens (tertiary/aromatic N) is 2. The molecule has 2 saturated heterocycles. The Hall–Kier alpha value is -1.52. The molecule has 2 N–H and O–H groups in total. The third-order valence-electron chi connectivity index (χ3n) is 6.68. The fourth-order valence-electron chi connectivity index (χ4n) is 4.88. The van der Waals surface area contributed by atoms with Gasteiger partial charge in [-0.3, -0.25) is 9.89 Å². The number of para-hydroxylation sites is 1. The van der Waals surface area contributed by atoms with E-state index in [9.17, 15) is 0 Å². The first-order valence-electron chi connectivity index (χ1n) is 12.2. The highest BCUT2D eigenvalue weighted by Crippen LogP contribution is 2.33. The van der Waals surface area contributed by atoms with E-state index in [0.717, 1.165) is 67.6 Å². The number of likely N-dealkylation sites (tertiary alicyclic amines) is 1. The van der Waals surface area contributed by atoms with E-state index in [0.29, 0.717) is 6.61 Å². The van der Waals surface area contributed by atoms with E-state index in [1.807, 2.05) is 19.1 Å². The second-order valence-corrected chi connectivity index (χ2v) is 8.85. The van der Waals surface area contributed by atoms with Crippen molar-refractivity contribution < 1.29 is 13.9 Å². The molecule has 1 aromatic carbocycles. The summed E-state index contributed by atoms with van der Waals surface area (Å²) in [7, 11) is 0. The maximum absolute atomic E-state index is 6.19. The number of hydrogen-bond donors (Lipinski definition) is 2. The number of aliphatic imine (C=N–C) groups is 1. The lowest BCUT2D eigenvalue weighted by molar-refractivity contribution is -0.0139. The Labute approximate surface area is 214 Å². The van der Waals surface area contributed by atoms with Crippen LogP contribution in [0.15, 0.2) is 33.7 Å². The Bertz CT molecular complexity index is 904. The first-order chi connectivity index (χ1) is 15.6. The summed E-state index contributed by atoms with van der Waals surface area (Å²) in [5.41, 5.74) is 0.918. The summed E-state index contributed by atoms with van der Waals surface area (Å²) in [6.07, 6.45) is 4.68. The Morgan fingerprint density at radius 3 is 2.67 bits per heavy atom. The number of guanidine groups is 1. The van der Waals surface area contributed by atoms with E-state index in [-0.39, 0.29) is 35.6 Å². The Kier molecular flexibility index (Phi) is 9.69. The quantitative estimate of drug-likeness (QED) is 0.272. The average molecular weight is 571 g/mol. The van der Waals surface area contributed by atoms with E-state index in [1.165, 1.54) is 25.9 Å². The number of halogens is 1. The predicted molar refractivity (Wildman–Crippen MR) is 144 cm³/mol. The minimum absolute atomic E-state index is 0. The first kappa shape index (κ1) is 26.1. The Morgan fingerprint density at radius 2 is 1.97 bits per heavy atom. The predicted octanol–water partition coefficient (Wildman–Crippen LogP) is 4.71. The lowest BCUT2D eigenvalue weighted by Gasteiger charge is -2.43. The van der Waals surface area contributed by atoms with Crippen molar-refractivity contribution in [1.82, 2.24) is 15.5 Å². The highest BCUT2D eigenvalue weighted by atomic mass is 127. The van der Waals surface area contributed by atoms with Gasteiger partial charge in [0, 0.05) is 30.7 Å². The van der Waals surface area contributed by atoms with Crippen molar-refractivity contribution >= 4 is 40.9 Å². The number of benzene rings is 1. The van der Waals surface area contributed by atoms with E-state index in [4.69, 9.17) is 18.9 Å². The van der Waals surface area contributed by atoms with Gasteiger partial charge in [0.2, 0.25) is 0 Å². The highest BCUT2D eigenvalue weighted by molar-refractivity contribution is 14.0. The summed E-state index contributed by atoms with van der Waals surface area (Å²) < 4.78 is 17.6. The fourth-order valence-corrected chi connectivity index (χ4v) is 4.88. The van der Waals surface area contributed by atoms with Gasteiger partial charge in [0.1, 0.15) is 5.76 Å². The van der Waals surface area contributed by atoms with Crippen LogP contribution in [0.1, 0.15) is 58.3 Å². The molecule has 8 heteroatoms. The van der Waals surface area contributed by atoms with Gasteiger partial charge in [-0.1, -0.05) is 12.1 Å². The van der Waals surface area contributed by atoms with Crippen LogP contribution in [0.5, 0.6) is 5.75 Å². The number of furan rings is 1. The maximum Gasteiger partial charge on any atom is 0.191 e. The number of rotatable bonds is 8. The van der Waals surface area contributed by atoms with Crippen LogP contribution in [0.25, 0.3) is 11.0 Å². The summed E-state index contributed by atoms with van der Waals surface area (Å²) in [6.45, 7) is 12.4. The van der Waals surface area contributed by atoms with Crippen molar-refractivity contribution in [2.75, 3.05) is 46.0 Å². The van der Waals surface area contributed by atoms with Crippen LogP contribution in [0.3, 0.4) is 0 Å². The second-order valence-electron chi connectivity index (χ2n) is 8.85. The number of fused-ring (bicyclic) bond motifs is 1. The highest BCUT2D eigenvalue weighted by Gasteiger charge is 2.39. The molecule has 1 aromatic heterocycles. The summed E-state index contributed by atoms with van der Waals surface area (Å²) >= 11 is 0. The number of nitrogens with one attached hydrogen (secondary N) is 2. The molecule has 3 heterocycles. The monoisotopic (exact) mass is 570 g/mol. The molecule has 1 unspecified atom stereocenters. The molecule has 7 nitrogen and oxygen atoms in total. The van der Waals surface area contributed by atoms with Crippen molar-refractivity contribution in [3.63, 3.8) is 0 Å². The van der Waals surface area contributed by atoms with Crippen molar-refractivity contribution in [3.8, 4) is 5.75 Å². The minimum Gasteiger partial charge on any atom is -0.490 e. The van der Waals surface area contributed by atoms with Crippen molar-refractivity contribution in [3.05, 3.63) is 30.0 Å². The van der Waals surface area contributed by atoms with Crippen LogP contribution >= 0.6 is 24.0 Å². The van der Waals surface area contributed by atoms with Gasteiger partial charge >= 0.3 is 0 Å². The van der Waals surface area contributed by atoms with Gasteiger partial charge < -0.3 is 24.5 Å². The van der Waals surface area contributed by atoms with Crippen LogP contribution in [0.2, 0.25) is 0 Å². The van der Waals surface area contributed by atoms with Gasteiger partial charge in [-0.15, -0.1) is 24.0 Å². The smallest absolute Gasteiger partial charge is 0.191 e. The SMILES string of the molecule is CCNC(=NCC1(N2CCCC2)CCOCC1)NC(C)c1cc2cccc(OCC)c2o1.I. The topological polar surface area (TPSA) is 71.3 Å². The molecule has 1 atom stereocenters. The van der Waals surface area contributed by atoms with Gasteiger partial charge in [-0.05, 0) is 71.7 Å². The molecular weight excluding hydrogens is 531 g/mol. The minimum atomic E-state index is -0.0212. The molecule has 2 aromatic rings. The van der Waals surface area contributed by atoms with Crippen LogP contribution in [-0.4, -0.2) is 62.4 Å². The van der Waals surface area contributed by atoms with Gasteiger partial charge in [-0.25, -0.2) is 0 Å². The largest absolute Gasteiger partial charge is 0.490 e. The zero-order chi connectivity index (χ0) is 22.4. The molecular formula is C25H39IN4O3. The third-order valence-corrected chi connectivity index (χ3v) is 6.68. The van der Waals surface area contributed by atoms with Gasteiger partial charge in [0.25, 0.3) is 0 Å². The van der Waals surface area contributed by atoms with Gasteiger partial charge in [0.15, 0.2) is 17.3 Å². The summed E-state index contributed by atoms with van der Waals surface area (Å²) in [6, 6.07) is 8.08. The summed E-state index contributed by atoms with van der Waals surface area (Å²) in [5.74, 6) is 2.49. The van der Waals surface area contributed by atoms with E-state index in [1.54, 1.807) is 0 Å². The molecule has 0 bridgehead atoms. The molecule has 2 aliphatic rings. The van der Waals surface area contributed by atoms with E-state index in [2.05, 4.69) is 41.5 Å². The zero-order valence-electron chi connectivity index (χ0n) is 20.2. The third kappa shape index (κ3) is 6.14. The molecule has 184 valence electrons. The molecule has 0 radical (unpaired) electrons. The van der Waals surface area contributed by atoms with Gasteiger partial charge in [-0.2, -0.15) is 0 Å². The maximum atomic E-state index is 6.19. The number of hydrogen-bond acceptors (Lipinski definition) is 5. The molecule has 33 heavy (non-hydrogen) atoms. The fraction of sp³-hybridized carbons (Fsp3) is 0.640. The first-order valence-corrected chi connectivity index (χ1v) is 12.2. The standard InChI is InChI=1S/C25H38N4O3.HI/c1-4-26-24(27-18-25(11-15-30-16-12-25)29-13-6-7-14-29)28-19(3)22-17-20-9-8-10-21(31-5-2)23(20)32-22;/h8-10,17,19H,4-7,11-16,18H2,1-3H3,(H2,26,27,28);1H. The normalized spacial score (nSPS) is 19.8. The molecule has 2 aliphatic heterocycles. The second kappa shape index (κ2) is 12.3. The van der Waals surface area contributed by atoms with Crippen molar-refractivity contribution in [2.24, 2.45) is 4.99 Å². The van der Waals surface area contributed by atoms with Crippen LogP contribution in [-0.2, 0) is 4.74 Å². The van der Waals surface area contributed by atoms with Crippen molar-refractivity contribution in [1.29, 1.82) is 0 Å². The van der Waals surface area contributed by atoms with E-state index >= 15 is 0 Å². The zero-order valence-corrected chi connectivity index (χ0v) is 22.5. The van der Waals surface area contributed by atoms with Gasteiger partial charge in [0.05, 0.1) is 19.2 Å². The Morgan fingerprint density at radius 1 is 1.21 bits per heavy atom. The molecule has 0 saturated carbocycles. The lowest BCUT2D eigenvalue weighted by atomic mass is 9.88. The molecule has 4 rings (SSSR count). The Balaban J connectivity index is 0.00000306. The number of ether oxygens (including phenoxy) is 2. The van der Waals surface area contributed by atoms with E-state index < -0.39 is 0 Å². The molecule has 0 spiro atoms. The summed E-state index contributed by atoms with van der Waals surface area (Å²) in [4.78, 5) is 7.70. The van der Waals surface area contributed by atoms with Crippen LogP contribution < -0.4 is 15.4 Å². The molecule has 0 aliphatic carbocycles. The molecule has 2 fully saturated rings. The van der Waals surface area contributed by atoms with Crippen LogP contribution in [0.4, 0.5) is 0 Å². The van der Waals surface area contributed by atoms with Crippen molar-refractivity contribution in [2.45, 2.75) is 58.0 Å². The molecule has 0 amide bonds. The van der Waals surface area contributed by atoms with Crippen LogP contribution in [0, 0.1) is 0 Å². The average Bonchev–Trinajstić information content (AvgIpc) is 3.50. The summed E-state index contributed by atoms with van der Waals surface area (Å²) in [5, 5.41) is 8.02.